The molecule has 0 bridgehead atoms. The molecule has 0 atom stereocenters. The first-order chi connectivity index (χ1) is 16.6. The highest BCUT2D eigenvalue weighted by atomic mass is 16.5. The molecule has 0 amide bonds. The van der Waals surface area contributed by atoms with Gasteiger partial charge < -0.3 is 29.7 Å². The van der Waals surface area contributed by atoms with Crippen LogP contribution < -0.4 is 19.9 Å². The highest BCUT2D eigenvalue weighted by molar-refractivity contribution is 5.68. The summed E-state index contributed by atoms with van der Waals surface area (Å²) < 4.78 is 11.5. The maximum Gasteiger partial charge on any atom is 0.229 e. The Labute approximate surface area is 201 Å². The fourth-order valence-corrected chi connectivity index (χ4v) is 3.93. The molecule has 1 saturated heterocycles. The standard InChI is InChI=1S/C26H33N5O3/c1-4-11-34-23-16-21(15-22(17-23)31-9-12-33-13-10-31)28-26-27-8-7-25(29-26)30(3)24-14-20(18-32)6-5-19(24)2/h5-8,14-17,32H,4,9-13,18H2,1-3H3,(H,27,28,29). The Morgan fingerprint density at radius 2 is 1.97 bits per heavy atom. The molecule has 180 valence electrons. The summed E-state index contributed by atoms with van der Waals surface area (Å²) in [6, 6.07) is 13.9. The predicted molar refractivity (Wildman–Crippen MR) is 136 cm³/mol. The molecule has 0 saturated carbocycles. The molecule has 34 heavy (non-hydrogen) atoms. The Balaban J connectivity index is 1.59. The topological polar surface area (TPSA) is 83.0 Å². The third kappa shape index (κ3) is 5.76. The van der Waals surface area contributed by atoms with Crippen molar-refractivity contribution in [3.63, 3.8) is 0 Å². The van der Waals surface area contributed by atoms with Crippen LogP contribution in [-0.4, -0.2) is 55.0 Å². The number of ether oxygens (including phenoxy) is 2. The normalized spacial score (nSPS) is 13.6. The van der Waals surface area contributed by atoms with Crippen molar-refractivity contribution in [1.29, 1.82) is 0 Å². The summed E-state index contributed by atoms with van der Waals surface area (Å²) in [5.41, 5.74) is 4.90. The molecular weight excluding hydrogens is 430 g/mol. The number of rotatable bonds is 9. The average Bonchev–Trinajstić information content (AvgIpc) is 2.88. The fourth-order valence-electron chi connectivity index (χ4n) is 3.93. The predicted octanol–water partition coefficient (Wildman–Crippen LogP) is 4.41. The second-order valence-corrected chi connectivity index (χ2v) is 8.36. The lowest BCUT2D eigenvalue weighted by Gasteiger charge is -2.29. The minimum atomic E-state index is -0.000379. The van der Waals surface area contributed by atoms with Crippen molar-refractivity contribution in [2.45, 2.75) is 26.9 Å². The van der Waals surface area contributed by atoms with Crippen molar-refractivity contribution in [3.05, 3.63) is 59.8 Å². The van der Waals surface area contributed by atoms with Gasteiger partial charge in [-0.2, -0.15) is 4.98 Å². The van der Waals surface area contributed by atoms with Gasteiger partial charge in [-0.25, -0.2) is 4.98 Å². The number of aliphatic hydroxyl groups excluding tert-OH is 1. The van der Waals surface area contributed by atoms with Gasteiger partial charge in [-0.05, 0) is 42.7 Å². The minimum absolute atomic E-state index is 0.000379. The molecule has 0 aliphatic carbocycles. The van der Waals surface area contributed by atoms with Crippen LogP contribution >= 0.6 is 0 Å². The molecule has 0 radical (unpaired) electrons. The van der Waals surface area contributed by atoms with Crippen molar-refractivity contribution in [1.82, 2.24) is 9.97 Å². The van der Waals surface area contributed by atoms with Gasteiger partial charge in [-0.3, -0.25) is 0 Å². The Kier molecular flexibility index (Phi) is 7.82. The molecular formula is C26H33N5O3. The van der Waals surface area contributed by atoms with Gasteiger partial charge in [0.2, 0.25) is 5.95 Å². The van der Waals surface area contributed by atoms with E-state index in [4.69, 9.17) is 14.5 Å². The minimum Gasteiger partial charge on any atom is -0.493 e. The molecule has 3 aromatic rings. The maximum atomic E-state index is 9.53. The first kappa shape index (κ1) is 23.8. The summed E-state index contributed by atoms with van der Waals surface area (Å²) in [6.45, 7) is 7.93. The number of nitrogens with one attached hydrogen (secondary N) is 1. The first-order valence-electron chi connectivity index (χ1n) is 11.7. The lowest BCUT2D eigenvalue weighted by atomic mass is 10.1. The van der Waals surface area contributed by atoms with Gasteiger partial charge in [0.05, 0.1) is 26.4 Å². The molecule has 2 N–H and O–H groups in total. The summed E-state index contributed by atoms with van der Waals surface area (Å²) in [7, 11) is 1.96. The third-order valence-corrected chi connectivity index (χ3v) is 5.80. The summed E-state index contributed by atoms with van der Waals surface area (Å²) in [5.74, 6) is 2.07. The van der Waals surface area contributed by atoms with Crippen molar-refractivity contribution < 1.29 is 14.6 Å². The third-order valence-electron chi connectivity index (χ3n) is 5.80. The molecule has 4 rings (SSSR count). The summed E-state index contributed by atoms with van der Waals surface area (Å²) in [5, 5.41) is 12.9. The Morgan fingerprint density at radius 3 is 2.74 bits per heavy atom. The fraction of sp³-hybridized carbons (Fsp3) is 0.385. The van der Waals surface area contributed by atoms with E-state index >= 15 is 0 Å². The monoisotopic (exact) mass is 463 g/mol. The van der Waals surface area contributed by atoms with Crippen molar-refractivity contribution in [2.24, 2.45) is 0 Å². The first-order valence-corrected chi connectivity index (χ1v) is 11.7. The molecule has 8 nitrogen and oxygen atoms in total. The quantitative estimate of drug-likeness (QED) is 0.483. The molecule has 8 heteroatoms. The van der Waals surface area contributed by atoms with Crippen LogP contribution in [-0.2, 0) is 11.3 Å². The average molecular weight is 464 g/mol. The van der Waals surface area contributed by atoms with Crippen molar-refractivity contribution in [2.75, 3.05) is 55.1 Å². The van der Waals surface area contributed by atoms with Crippen molar-refractivity contribution in [3.8, 4) is 5.75 Å². The van der Waals surface area contributed by atoms with Crippen LogP contribution in [0.15, 0.2) is 48.7 Å². The van der Waals surface area contributed by atoms with E-state index in [1.165, 1.54) is 0 Å². The van der Waals surface area contributed by atoms with Gasteiger partial charge >= 0.3 is 0 Å². The van der Waals surface area contributed by atoms with E-state index in [0.29, 0.717) is 12.6 Å². The zero-order chi connectivity index (χ0) is 23.9. The van der Waals surface area contributed by atoms with E-state index in [2.05, 4.69) is 34.3 Å². The molecule has 1 fully saturated rings. The van der Waals surface area contributed by atoms with Crippen LogP contribution in [0.3, 0.4) is 0 Å². The van der Waals surface area contributed by atoms with Crippen molar-refractivity contribution >= 4 is 28.8 Å². The van der Waals surface area contributed by atoms with Gasteiger partial charge in [0.25, 0.3) is 0 Å². The zero-order valence-electron chi connectivity index (χ0n) is 20.1. The number of aliphatic hydroxyl groups is 1. The van der Waals surface area contributed by atoms with Gasteiger partial charge in [0, 0.05) is 55.5 Å². The van der Waals surface area contributed by atoms with E-state index in [0.717, 1.165) is 72.5 Å². The number of morpholine rings is 1. The lowest BCUT2D eigenvalue weighted by Crippen LogP contribution is -2.36. The largest absolute Gasteiger partial charge is 0.493 e. The van der Waals surface area contributed by atoms with Crippen LogP contribution in [0.2, 0.25) is 0 Å². The summed E-state index contributed by atoms with van der Waals surface area (Å²) in [4.78, 5) is 13.5. The maximum absolute atomic E-state index is 9.53. The molecule has 1 aliphatic rings. The molecule has 2 aromatic carbocycles. The number of hydrogen-bond acceptors (Lipinski definition) is 8. The smallest absolute Gasteiger partial charge is 0.229 e. The van der Waals surface area contributed by atoms with Gasteiger partial charge in [0.1, 0.15) is 11.6 Å². The number of aromatic nitrogens is 2. The molecule has 1 aliphatic heterocycles. The second kappa shape index (κ2) is 11.2. The number of anilines is 5. The van der Waals surface area contributed by atoms with E-state index in [1.54, 1.807) is 6.20 Å². The number of nitrogens with zero attached hydrogens (tertiary/aromatic N) is 4. The number of aryl methyl sites for hydroxylation is 1. The second-order valence-electron chi connectivity index (χ2n) is 8.36. The van der Waals surface area contributed by atoms with Crippen LogP contribution in [0, 0.1) is 6.92 Å². The van der Waals surface area contributed by atoms with Crippen LogP contribution in [0.4, 0.5) is 28.8 Å². The zero-order valence-corrected chi connectivity index (χ0v) is 20.1. The van der Waals surface area contributed by atoms with Crippen LogP contribution in [0.25, 0.3) is 0 Å². The Morgan fingerprint density at radius 1 is 1.15 bits per heavy atom. The Bertz CT molecular complexity index is 1100. The van der Waals surface area contributed by atoms with Gasteiger partial charge in [-0.15, -0.1) is 0 Å². The molecule has 0 unspecified atom stereocenters. The van der Waals surface area contributed by atoms with Gasteiger partial charge in [0.15, 0.2) is 0 Å². The molecule has 2 heterocycles. The van der Waals surface area contributed by atoms with E-state index in [1.807, 2.05) is 49.2 Å². The summed E-state index contributed by atoms with van der Waals surface area (Å²) in [6.07, 6.45) is 2.69. The number of benzene rings is 2. The van der Waals surface area contributed by atoms with Crippen LogP contribution in [0.1, 0.15) is 24.5 Å². The lowest BCUT2D eigenvalue weighted by molar-refractivity contribution is 0.122. The SMILES string of the molecule is CCCOc1cc(Nc2nccc(N(C)c3cc(CO)ccc3C)n2)cc(N2CCOCC2)c1. The van der Waals surface area contributed by atoms with E-state index in [-0.39, 0.29) is 6.61 Å². The number of hydrogen-bond donors (Lipinski definition) is 2. The van der Waals surface area contributed by atoms with E-state index < -0.39 is 0 Å². The highest BCUT2D eigenvalue weighted by Crippen LogP contribution is 2.31. The van der Waals surface area contributed by atoms with Gasteiger partial charge in [-0.1, -0.05) is 19.1 Å². The Hall–Kier alpha value is -3.36. The molecule has 0 spiro atoms. The van der Waals surface area contributed by atoms with E-state index in [9.17, 15) is 5.11 Å². The van der Waals surface area contributed by atoms with Crippen LogP contribution in [0.5, 0.6) is 5.75 Å². The summed E-state index contributed by atoms with van der Waals surface area (Å²) >= 11 is 0. The molecule has 1 aromatic heterocycles. The highest BCUT2D eigenvalue weighted by Gasteiger charge is 2.15.